The van der Waals surface area contributed by atoms with Crippen molar-refractivity contribution in [1.82, 2.24) is 0 Å². The molecular formula is C15H21NO2. The predicted molar refractivity (Wildman–Crippen MR) is 73.1 cm³/mol. The molecule has 0 fully saturated rings. The van der Waals surface area contributed by atoms with Crippen LogP contribution in [0.15, 0.2) is 18.2 Å². The highest BCUT2D eigenvalue weighted by Crippen LogP contribution is 2.37. The molecule has 2 rings (SSSR count). The van der Waals surface area contributed by atoms with Crippen LogP contribution in [0.2, 0.25) is 0 Å². The third-order valence-electron chi connectivity index (χ3n) is 3.94. The fraction of sp³-hybridized carbons (Fsp3) is 0.533. The maximum Gasteiger partial charge on any atom is 0.309 e. The van der Waals surface area contributed by atoms with E-state index in [1.807, 2.05) is 6.07 Å². The first-order valence-corrected chi connectivity index (χ1v) is 6.40. The largest absolute Gasteiger partial charge is 0.481 e. The van der Waals surface area contributed by atoms with E-state index in [2.05, 4.69) is 31.0 Å². The van der Waals surface area contributed by atoms with E-state index in [9.17, 15) is 9.90 Å². The molecule has 1 N–H and O–H groups in total. The number of likely N-dealkylation sites (N-methyl/N-ethyl adjacent to an activating group) is 1. The van der Waals surface area contributed by atoms with Gasteiger partial charge >= 0.3 is 5.97 Å². The zero-order valence-electron chi connectivity index (χ0n) is 11.5. The summed E-state index contributed by atoms with van der Waals surface area (Å²) in [5, 5.41) is 9.26. The Labute approximate surface area is 108 Å². The van der Waals surface area contributed by atoms with E-state index in [0.717, 1.165) is 12.0 Å². The number of benzene rings is 1. The van der Waals surface area contributed by atoms with Gasteiger partial charge < -0.3 is 10.0 Å². The Morgan fingerprint density at radius 3 is 2.78 bits per heavy atom. The van der Waals surface area contributed by atoms with E-state index >= 15 is 0 Å². The van der Waals surface area contributed by atoms with Crippen LogP contribution in [0.3, 0.4) is 0 Å². The molecule has 18 heavy (non-hydrogen) atoms. The SMILES string of the molecule is CC1Cc2cccc(CC(C)(C)C(=O)O)c2N1C. The number of para-hydroxylation sites is 1. The maximum atomic E-state index is 11.3. The summed E-state index contributed by atoms with van der Waals surface area (Å²) in [4.78, 5) is 13.5. The molecule has 1 heterocycles. The molecule has 98 valence electrons. The van der Waals surface area contributed by atoms with Gasteiger partial charge in [0, 0.05) is 18.8 Å². The van der Waals surface area contributed by atoms with E-state index in [-0.39, 0.29) is 0 Å². The monoisotopic (exact) mass is 247 g/mol. The summed E-state index contributed by atoms with van der Waals surface area (Å²) in [6.45, 7) is 5.77. The highest BCUT2D eigenvalue weighted by molar-refractivity contribution is 5.75. The van der Waals surface area contributed by atoms with E-state index in [1.165, 1.54) is 11.3 Å². The average molecular weight is 247 g/mol. The standard InChI is InChI=1S/C15H21NO2/c1-10-8-11-6-5-7-12(13(11)16(10)4)9-15(2,3)14(17)18/h5-7,10H,8-9H2,1-4H3,(H,17,18). The molecule has 0 aliphatic carbocycles. The van der Waals surface area contributed by atoms with Gasteiger partial charge in [-0.15, -0.1) is 0 Å². The molecule has 0 spiro atoms. The molecule has 1 atom stereocenters. The highest BCUT2D eigenvalue weighted by atomic mass is 16.4. The van der Waals surface area contributed by atoms with Crippen molar-refractivity contribution >= 4 is 11.7 Å². The van der Waals surface area contributed by atoms with Crippen LogP contribution in [0.5, 0.6) is 0 Å². The van der Waals surface area contributed by atoms with Crippen molar-refractivity contribution in [2.45, 2.75) is 39.7 Å². The molecule has 0 radical (unpaired) electrons. The van der Waals surface area contributed by atoms with E-state index < -0.39 is 11.4 Å². The van der Waals surface area contributed by atoms with Crippen LogP contribution >= 0.6 is 0 Å². The summed E-state index contributed by atoms with van der Waals surface area (Å²) < 4.78 is 0. The minimum absolute atomic E-state index is 0.495. The molecule has 0 amide bonds. The minimum atomic E-state index is -0.742. The number of aliphatic carboxylic acids is 1. The lowest BCUT2D eigenvalue weighted by molar-refractivity contribution is -0.146. The summed E-state index contributed by atoms with van der Waals surface area (Å²) in [5.41, 5.74) is 3.00. The Kier molecular flexibility index (Phi) is 3.09. The van der Waals surface area contributed by atoms with Crippen molar-refractivity contribution in [2.75, 3.05) is 11.9 Å². The number of carboxylic acid groups (broad SMARTS) is 1. The minimum Gasteiger partial charge on any atom is -0.481 e. The van der Waals surface area contributed by atoms with E-state index in [0.29, 0.717) is 12.5 Å². The number of hydrogen-bond acceptors (Lipinski definition) is 2. The number of hydrogen-bond donors (Lipinski definition) is 1. The lowest BCUT2D eigenvalue weighted by atomic mass is 9.85. The van der Waals surface area contributed by atoms with Gasteiger partial charge in [-0.05, 0) is 44.7 Å². The molecule has 1 aliphatic heterocycles. The van der Waals surface area contributed by atoms with E-state index in [1.54, 1.807) is 13.8 Å². The van der Waals surface area contributed by atoms with Crippen molar-refractivity contribution in [1.29, 1.82) is 0 Å². The zero-order valence-corrected chi connectivity index (χ0v) is 11.5. The van der Waals surface area contributed by atoms with Crippen LogP contribution in [-0.4, -0.2) is 24.2 Å². The van der Waals surface area contributed by atoms with Crippen LogP contribution in [-0.2, 0) is 17.6 Å². The Hall–Kier alpha value is -1.51. The van der Waals surface area contributed by atoms with Gasteiger partial charge in [0.05, 0.1) is 5.41 Å². The summed E-state index contributed by atoms with van der Waals surface area (Å²) >= 11 is 0. The number of anilines is 1. The lowest BCUT2D eigenvalue weighted by Gasteiger charge is -2.25. The number of nitrogens with zero attached hydrogens (tertiary/aromatic N) is 1. The number of carbonyl (C=O) groups is 1. The third-order valence-corrected chi connectivity index (χ3v) is 3.94. The van der Waals surface area contributed by atoms with Gasteiger partial charge in [0.25, 0.3) is 0 Å². The van der Waals surface area contributed by atoms with Gasteiger partial charge in [-0.3, -0.25) is 4.79 Å². The maximum absolute atomic E-state index is 11.3. The number of rotatable bonds is 3. The quantitative estimate of drug-likeness (QED) is 0.892. The van der Waals surface area contributed by atoms with Gasteiger partial charge in [-0.1, -0.05) is 18.2 Å². The fourth-order valence-corrected chi connectivity index (χ4v) is 2.63. The van der Waals surface area contributed by atoms with Crippen LogP contribution in [0.4, 0.5) is 5.69 Å². The summed E-state index contributed by atoms with van der Waals surface area (Å²) in [6.07, 6.45) is 1.62. The molecule has 0 saturated carbocycles. The molecule has 0 aromatic heterocycles. The molecule has 1 unspecified atom stereocenters. The second-order valence-electron chi connectivity index (χ2n) is 5.95. The summed E-state index contributed by atoms with van der Waals surface area (Å²) in [7, 11) is 2.09. The van der Waals surface area contributed by atoms with Crippen molar-refractivity contribution in [3.8, 4) is 0 Å². The molecular weight excluding hydrogens is 226 g/mol. The lowest BCUT2D eigenvalue weighted by Crippen LogP contribution is -2.28. The fourth-order valence-electron chi connectivity index (χ4n) is 2.63. The highest BCUT2D eigenvalue weighted by Gasteiger charge is 2.31. The van der Waals surface area contributed by atoms with Crippen molar-refractivity contribution in [3.63, 3.8) is 0 Å². The average Bonchev–Trinajstić information content (AvgIpc) is 2.55. The Morgan fingerprint density at radius 1 is 1.50 bits per heavy atom. The Balaban J connectivity index is 2.37. The Morgan fingerprint density at radius 2 is 2.17 bits per heavy atom. The van der Waals surface area contributed by atoms with Gasteiger partial charge in [0.2, 0.25) is 0 Å². The summed E-state index contributed by atoms with van der Waals surface area (Å²) in [6, 6.07) is 6.73. The Bertz CT molecular complexity index is 479. The second kappa shape index (κ2) is 4.30. The van der Waals surface area contributed by atoms with Crippen molar-refractivity contribution in [2.24, 2.45) is 5.41 Å². The molecule has 0 bridgehead atoms. The van der Waals surface area contributed by atoms with E-state index in [4.69, 9.17) is 0 Å². The summed E-state index contributed by atoms with van der Waals surface area (Å²) in [5.74, 6) is -0.742. The first-order valence-electron chi connectivity index (χ1n) is 6.40. The first kappa shape index (κ1) is 12.9. The van der Waals surface area contributed by atoms with Crippen LogP contribution in [0.1, 0.15) is 31.9 Å². The zero-order chi connectivity index (χ0) is 13.5. The predicted octanol–water partition coefficient (Wildman–Crippen LogP) is 2.72. The number of carboxylic acids is 1. The molecule has 3 heteroatoms. The van der Waals surface area contributed by atoms with Crippen molar-refractivity contribution < 1.29 is 9.90 Å². The van der Waals surface area contributed by atoms with Gasteiger partial charge in [0.1, 0.15) is 0 Å². The molecule has 1 aliphatic rings. The molecule has 1 aromatic rings. The van der Waals surface area contributed by atoms with Gasteiger partial charge in [-0.2, -0.15) is 0 Å². The van der Waals surface area contributed by atoms with Crippen molar-refractivity contribution in [3.05, 3.63) is 29.3 Å². The van der Waals surface area contributed by atoms with Crippen LogP contribution in [0.25, 0.3) is 0 Å². The van der Waals surface area contributed by atoms with Crippen LogP contribution < -0.4 is 4.90 Å². The molecule has 1 aromatic carbocycles. The molecule has 0 saturated heterocycles. The topological polar surface area (TPSA) is 40.5 Å². The second-order valence-corrected chi connectivity index (χ2v) is 5.95. The molecule has 3 nitrogen and oxygen atoms in total. The normalized spacial score (nSPS) is 18.9. The smallest absolute Gasteiger partial charge is 0.309 e. The van der Waals surface area contributed by atoms with Crippen LogP contribution in [0, 0.1) is 5.41 Å². The number of fused-ring (bicyclic) bond motifs is 1. The first-order chi connectivity index (χ1) is 8.33. The van der Waals surface area contributed by atoms with Gasteiger partial charge in [-0.25, -0.2) is 0 Å². The third kappa shape index (κ3) is 2.09. The van der Waals surface area contributed by atoms with Gasteiger partial charge in [0.15, 0.2) is 0 Å².